The second-order valence-electron chi connectivity index (χ2n) is 3.83. The van der Waals surface area contributed by atoms with E-state index in [1.54, 1.807) is 7.05 Å². The van der Waals surface area contributed by atoms with Crippen LogP contribution in [0.4, 0.5) is 8.78 Å². The Labute approximate surface area is 117 Å². The average molecular weight is 329 g/mol. The van der Waals surface area contributed by atoms with Gasteiger partial charge in [-0.15, -0.1) is 0 Å². The Balaban J connectivity index is 2.29. The molecule has 0 unspecified atom stereocenters. The minimum atomic E-state index is -0.433. The number of ether oxygens (including phenoxy) is 1. The van der Waals surface area contributed by atoms with Crippen molar-refractivity contribution < 1.29 is 13.5 Å². The third kappa shape index (κ3) is 3.48. The summed E-state index contributed by atoms with van der Waals surface area (Å²) in [6.45, 7) is 0.419. The number of rotatable bonds is 4. The van der Waals surface area contributed by atoms with Crippen molar-refractivity contribution in [3.8, 4) is 11.6 Å². The molecular weight excluding hydrogens is 318 g/mol. The summed E-state index contributed by atoms with van der Waals surface area (Å²) >= 11 is 3.07. The highest BCUT2D eigenvalue weighted by Crippen LogP contribution is 2.27. The molecule has 0 aliphatic rings. The van der Waals surface area contributed by atoms with E-state index in [0.29, 0.717) is 22.3 Å². The molecule has 0 saturated carbocycles. The van der Waals surface area contributed by atoms with Crippen LogP contribution in [0.3, 0.4) is 0 Å². The summed E-state index contributed by atoms with van der Waals surface area (Å²) in [5, 5.41) is 2.90. The summed E-state index contributed by atoms with van der Waals surface area (Å²) in [5.74, 6) is -0.105. The molecule has 0 bridgehead atoms. The molecule has 100 valence electrons. The van der Waals surface area contributed by atoms with Crippen LogP contribution in [-0.2, 0) is 6.54 Å². The number of hydrogen-bond donors (Lipinski definition) is 1. The molecule has 1 N–H and O–H groups in total. The molecule has 0 atom stereocenters. The van der Waals surface area contributed by atoms with E-state index in [1.165, 1.54) is 24.3 Å². The molecule has 19 heavy (non-hydrogen) atoms. The van der Waals surface area contributed by atoms with Crippen molar-refractivity contribution in [2.24, 2.45) is 0 Å². The lowest BCUT2D eigenvalue weighted by atomic mass is 10.2. The van der Waals surface area contributed by atoms with Gasteiger partial charge in [0.1, 0.15) is 17.4 Å². The van der Waals surface area contributed by atoms with Gasteiger partial charge >= 0.3 is 0 Å². The lowest BCUT2D eigenvalue weighted by Crippen LogP contribution is -2.07. The van der Waals surface area contributed by atoms with Crippen LogP contribution in [-0.4, -0.2) is 12.0 Å². The van der Waals surface area contributed by atoms with Crippen LogP contribution in [0.25, 0.3) is 0 Å². The second-order valence-corrected chi connectivity index (χ2v) is 4.68. The maximum Gasteiger partial charge on any atom is 0.223 e. The largest absolute Gasteiger partial charge is 0.439 e. The van der Waals surface area contributed by atoms with Crippen LogP contribution < -0.4 is 10.1 Å². The van der Waals surface area contributed by atoms with Crippen molar-refractivity contribution >= 4 is 15.9 Å². The zero-order valence-corrected chi connectivity index (χ0v) is 11.7. The zero-order valence-electron chi connectivity index (χ0n) is 10.1. The first-order chi connectivity index (χ1) is 9.10. The normalized spacial score (nSPS) is 10.5. The average Bonchev–Trinajstić information content (AvgIpc) is 2.37. The van der Waals surface area contributed by atoms with E-state index in [-0.39, 0.29) is 11.7 Å². The third-order valence-corrected chi connectivity index (χ3v) is 2.97. The van der Waals surface area contributed by atoms with Gasteiger partial charge in [0.05, 0.1) is 10.7 Å². The maximum absolute atomic E-state index is 13.1. The van der Waals surface area contributed by atoms with E-state index < -0.39 is 5.82 Å². The number of halogens is 3. The predicted molar refractivity (Wildman–Crippen MR) is 71.1 cm³/mol. The van der Waals surface area contributed by atoms with Gasteiger partial charge in [-0.2, -0.15) is 0 Å². The summed E-state index contributed by atoms with van der Waals surface area (Å²) in [6.07, 6.45) is 1.08. The standard InChI is InChI=1S/C13H11BrF2N2O/c1-17-6-8-4-9(15)7-18-13(8)19-10-2-3-12(16)11(14)5-10/h2-5,7,17H,6H2,1H3. The molecule has 1 aromatic heterocycles. The van der Waals surface area contributed by atoms with Gasteiger partial charge in [0, 0.05) is 12.1 Å². The van der Waals surface area contributed by atoms with Gasteiger partial charge in [-0.3, -0.25) is 0 Å². The Bertz CT molecular complexity index is 593. The van der Waals surface area contributed by atoms with E-state index >= 15 is 0 Å². The van der Waals surface area contributed by atoms with Crippen LogP contribution >= 0.6 is 15.9 Å². The van der Waals surface area contributed by atoms with Crippen LogP contribution in [0.2, 0.25) is 0 Å². The SMILES string of the molecule is CNCc1cc(F)cnc1Oc1ccc(F)c(Br)c1. The summed E-state index contributed by atoms with van der Waals surface area (Å²) < 4.78 is 32.1. The fourth-order valence-corrected chi connectivity index (χ4v) is 1.89. The van der Waals surface area contributed by atoms with Crippen molar-refractivity contribution in [1.82, 2.24) is 10.3 Å². The summed E-state index contributed by atoms with van der Waals surface area (Å²) in [5.41, 5.74) is 0.586. The van der Waals surface area contributed by atoms with E-state index in [4.69, 9.17) is 4.74 Å². The van der Waals surface area contributed by atoms with Crippen molar-refractivity contribution in [1.29, 1.82) is 0 Å². The van der Waals surface area contributed by atoms with E-state index in [2.05, 4.69) is 26.2 Å². The fraction of sp³-hybridized carbons (Fsp3) is 0.154. The van der Waals surface area contributed by atoms with Gasteiger partial charge in [0.25, 0.3) is 0 Å². The first kappa shape index (κ1) is 13.9. The maximum atomic E-state index is 13.1. The Morgan fingerprint density at radius 3 is 2.79 bits per heavy atom. The molecule has 6 heteroatoms. The monoisotopic (exact) mass is 328 g/mol. The summed E-state index contributed by atoms with van der Waals surface area (Å²) in [4.78, 5) is 3.90. The second kappa shape index (κ2) is 6.08. The predicted octanol–water partition coefficient (Wildman–Crippen LogP) is 3.63. The molecule has 1 aromatic carbocycles. The van der Waals surface area contributed by atoms with Crippen LogP contribution in [0.15, 0.2) is 34.9 Å². The molecule has 0 aliphatic heterocycles. The number of pyridine rings is 1. The highest BCUT2D eigenvalue weighted by molar-refractivity contribution is 9.10. The van der Waals surface area contributed by atoms with Crippen molar-refractivity contribution in [2.75, 3.05) is 7.05 Å². The zero-order chi connectivity index (χ0) is 13.8. The smallest absolute Gasteiger partial charge is 0.223 e. The molecule has 2 aromatic rings. The van der Waals surface area contributed by atoms with E-state index in [1.807, 2.05) is 0 Å². The lowest BCUT2D eigenvalue weighted by Gasteiger charge is -2.10. The Hall–Kier alpha value is -1.53. The molecule has 0 aliphatic carbocycles. The summed E-state index contributed by atoms with van der Waals surface area (Å²) in [6, 6.07) is 5.59. The number of aromatic nitrogens is 1. The van der Waals surface area contributed by atoms with E-state index in [9.17, 15) is 8.78 Å². The van der Waals surface area contributed by atoms with Crippen LogP contribution in [0.1, 0.15) is 5.56 Å². The molecule has 2 rings (SSSR count). The lowest BCUT2D eigenvalue weighted by molar-refractivity contribution is 0.448. The molecule has 0 radical (unpaired) electrons. The molecule has 3 nitrogen and oxygen atoms in total. The number of hydrogen-bond acceptors (Lipinski definition) is 3. The number of benzene rings is 1. The van der Waals surface area contributed by atoms with Gasteiger partial charge in [0.2, 0.25) is 5.88 Å². The quantitative estimate of drug-likeness (QED) is 0.930. The van der Waals surface area contributed by atoms with Crippen molar-refractivity contribution in [3.05, 3.63) is 52.1 Å². The Kier molecular flexibility index (Phi) is 4.44. The first-order valence-corrected chi connectivity index (χ1v) is 6.31. The van der Waals surface area contributed by atoms with E-state index in [0.717, 1.165) is 6.20 Å². The minimum absolute atomic E-state index is 0.286. The third-order valence-electron chi connectivity index (χ3n) is 2.36. The van der Waals surface area contributed by atoms with Crippen molar-refractivity contribution in [3.63, 3.8) is 0 Å². The van der Waals surface area contributed by atoms with Gasteiger partial charge < -0.3 is 10.1 Å². The first-order valence-electron chi connectivity index (χ1n) is 5.52. The van der Waals surface area contributed by atoms with Gasteiger partial charge in [-0.1, -0.05) is 0 Å². The Morgan fingerprint density at radius 1 is 1.32 bits per heavy atom. The summed E-state index contributed by atoms with van der Waals surface area (Å²) in [7, 11) is 1.74. The van der Waals surface area contributed by atoms with Crippen LogP contribution in [0.5, 0.6) is 11.6 Å². The van der Waals surface area contributed by atoms with Crippen molar-refractivity contribution in [2.45, 2.75) is 6.54 Å². The van der Waals surface area contributed by atoms with Gasteiger partial charge in [-0.05, 0) is 47.2 Å². The fourth-order valence-electron chi connectivity index (χ4n) is 1.53. The molecular formula is C13H11BrF2N2O. The molecule has 0 amide bonds. The van der Waals surface area contributed by atoms with Crippen LogP contribution in [0, 0.1) is 11.6 Å². The Morgan fingerprint density at radius 2 is 2.11 bits per heavy atom. The highest BCUT2D eigenvalue weighted by atomic mass is 79.9. The highest BCUT2D eigenvalue weighted by Gasteiger charge is 2.09. The molecule has 0 saturated heterocycles. The van der Waals surface area contributed by atoms with Gasteiger partial charge in [-0.25, -0.2) is 13.8 Å². The molecule has 0 fully saturated rings. The topological polar surface area (TPSA) is 34.2 Å². The number of nitrogens with zero attached hydrogens (tertiary/aromatic N) is 1. The number of nitrogens with one attached hydrogen (secondary N) is 1. The van der Waals surface area contributed by atoms with Gasteiger partial charge in [0.15, 0.2) is 0 Å². The molecule has 0 spiro atoms. The molecule has 1 heterocycles. The minimum Gasteiger partial charge on any atom is -0.439 e.